The van der Waals surface area contributed by atoms with Gasteiger partial charge in [0.1, 0.15) is 5.82 Å². The van der Waals surface area contributed by atoms with E-state index in [4.69, 9.17) is 0 Å². The maximum Gasteiger partial charge on any atom is 0.251 e. The highest BCUT2D eigenvalue weighted by atomic mass is 19.1. The Hall–Kier alpha value is -3.67. The second kappa shape index (κ2) is 10.4. The molecule has 0 aliphatic carbocycles. The van der Waals surface area contributed by atoms with Gasteiger partial charge in [0.25, 0.3) is 5.91 Å². The standard InChI is InChI=1S/C25H26FN3O2/c1-18(2)29(22-9-4-3-5-10-22)24(30)17-27-21-14-12-19(13-15-21)25(31)28-16-20-8-6-7-11-23(20)26/h3-15,18,27H,16-17H2,1-2H3,(H,28,31). The minimum Gasteiger partial charge on any atom is -0.376 e. The van der Waals surface area contributed by atoms with Crippen LogP contribution in [0.15, 0.2) is 78.9 Å². The van der Waals surface area contributed by atoms with Crippen molar-refractivity contribution >= 4 is 23.2 Å². The number of halogens is 1. The lowest BCUT2D eigenvalue weighted by atomic mass is 10.1. The molecule has 2 amide bonds. The summed E-state index contributed by atoms with van der Waals surface area (Å²) in [6.45, 7) is 4.19. The fourth-order valence-electron chi connectivity index (χ4n) is 3.24. The zero-order valence-corrected chi connectivity index (χ0v) is 17.6. The molecular weight excluding hydrogens is 393 g/mol. The third-order valence-corrected chi connectivity index (χ3v) is 4.81. The van der Waals surface area contributed by atoms with Crippen LogP contribution in [0.5, 0.6) is 0 Å². The highest BCUT2D eigenvalue weighted by molar-refractivity contribution is 5.97. The van der Waals surface area contributed by atoms with Crippen molar-refractivity contribution in [1.29, 1.82) is 0 Å². The molecule has 31 heavy (non-hydrogen) atoms. The van der Waals surface area contributed by atoms with Gasteiger partial charge in [0.2, 0.25) is 5.91 Å². The Morgan fingerprint density at radius 2 is 1.55 bits per heavy atom. The minimum atomic E-state index is -0.349. The SMILES string of the molecule is CC(C)N(C(=O)CNc1ccc(C(=O)NCc2ccccc2F)cc1)c1ccccc1. The molecule has 0 heterocycles. The van der Waals surface area contributed by atoms with Gasteiger partial charge in [-0.1, -0.05) is 36.4 Å². The lowest BCUT2D eigenvalue weighted by Crippen LogP contribution is -2.40. The van der Waals surface area contributed by atoms with Crippen molar-refractivity contribution in [3.8, 4) is 0 Å². The summed E-state index contributed by atoms with van der Waals surface area (Å²) in [7, 11) is 0. The van der Waals surface area contributed by atoms with E-state index in [0.29, 0.717) is 11.1 Å². The van der Waals surface area contributed by atoms with Gasteiger partial charge in [-0.25, -0.2) is 4.39 Å². The maximum absolute atomic E-state index is 13.7. The first-order chi connectivity index (χ1) is 15.0. The fourth-order valence-corrected chi connectivity index (χ4v) is 3.24. The molecule has 0 fully saturated rings. The molecule has 3 aromatic carbocycles. The van der Waals surface area contributed by atoms with E-state index in [0.717, 1.165) is 11.4 Å². The van der Waals surface area contributed by atoms with Crippen LogP contribution in [0, 0.1) is 5.82 Å². The lowest BCUT2D eigenvalue weighted by Gasteiger charge is -2.27. The van der Waals surface area contributed by atoms with E-state index in [1.54, 1.807) is 47.4 Å². The zero-order valence-electron chi connectivity index (χ0n) is 17.6. The highest BCUT2D eigenvalue weighted by Crippen LogP contribution is 2.17. The van der Waals surface area contributed by atoms with Gasteiger partial charge in [-0.05, 0) is 56.3 Å². The van der Waals surface area contributed by atoms with Crippen molar-refractivity contribution in [2.45, 2.75) is 26.4 Å². The minimum absolute atomic E-state index is 0.0252. The first-order valence-corrected chi connectivity index (χ1v) is 10.2. The molecule has 0 spiro atoms. The van der Waals surface area contributed by atoms with Gasteiger partial charge in [-0.2, -0.15) is 0 Å². The molecule has 0 aliphatic heterocycles. The van der Waals surface area contributed by atoms with Gasteiger partial charge in [-0.3, -0.25) is 9.59 Å². The summed E-state index contributed by atoms with van der Waals surface area (Å²) in [5, 5.41) is 5.82. The lowest BCUT2D eigenvalue weighted by molar-refractivity contribution is -0.117. The van der Waals surface area contributed by atoms with Crippen molar-refractivity contribution in [3.05, 3.63) is 95.8 Å². The number of rotatable bonds is 8. The first kappa shape index (κ1) is 22.0. The van der Waals surface area contributed by atoms with Crippen molar-refractivity contribution in [2.75, 3.05) is 16.8 Å². The van der Waals surface area contributed by atoms with Crippen LogP contribution in [-0.4, -0.2) is 24.4 Å². The smallest absolute Gasteiger partial charge is 0.251 e. The number of carbonyl (C=O) groups excluding carboxylic acids is 2. The highest BCUT2D eigenvalue weighted by Gasteiger charge is 2.18. The largest absolute Gasteiger partial charge is 0.376 e. The molecule has 3 aromatic rings. The van der Waals surface area contributed by atoms with E-state index in [-0.39, 0.29) is 36.8 Å². The second-order valence-corrected chi connectivity index (χ2v) is 7.40. The summed E-state index contributed by atoms with van der Waals surface area (Å²) in [5.74, 6) is -0.688. The van der Waals surface area contributed by atoms with Crippen LogP contribution in [0.4, 0.5) is 15.8 Å². The molecule has 0 aliphatic rings. The Labute approximate surface area is 181 Å². The number of anilines is 2. The predicted molar refractivity (Wildman–Crippen MR) is 122 cm³/mol. The molecule has 6 heteroatoms. The number of amides is 2. The quantitative estimate of drug-likeness (QED) is 0.561. The third kappa shape index (κ3) is 5.92. The van der Waals surface area contributed by atoms with Crippen LogP contribution in [0.1, 0.15) is 29.8 Å². The number of benzene rings is 3. The van der Waals surface area contributed by atoms with Gasteiger partial charge in [0, 0.05) is 35.1 Å². The normalized spacial score (nSPS) is 10.6. The van der Waals surface area contributed by atoms with E-state index >= 15 is 0 Å². The molecule has 0 bridgehead atoms. The first-order valence-electron chi connectivity index (χ1n) is 10.2. The Morgan fingerprint density at radius 1 is 0.903 bits per heavy atom. The Kier molecular flexibility index (Phi) is 7.38. The number of hydrogen-bond acceptors (Lipinski definition) is 3. The fraction of sp³-hybridized carbons (Fsp3) is 0.200. The van der Waals surface area contributed by atoms with Gasteiger partial charge in [0.15, 0.2) is 0 Å². The van der Waals surface area contributed by atoms with Crippen molar-refractivity contribution in [2.24, 2.45) is 0 Å². The van der Waals surface area contributed by atoms with E-state index in [2.05, 4.69) is 10.6 Å². The van der Waals surface area contributed by atoms with Crippen LogP contribution in [0.2, 0.25) is 0 Å². The summed E-state index contributed by atoms with van der Waals surface area (Å²) in [6, 6.07) is 22.7. The molecule has 0 radical (unpaired) electrons. The molecular formula is C25H26FN3O2. The van der Waals surface area contributed by atoms with Crippen LogP contribution < -0.4 is 15.5 Å². The molecule has 0 aromatic heterocycles. The summed E-state index contributed by atoms with van der Waals surface area (Å²) in [4.78, 5) is 26.8. The topological polar surface area (TPSA) is 61.4 Å². The van der Waals surface area contributed by atoms with Crippen molar-refractivity contribution in [1.82, 2.24) is 5.32 Å². The molecule has 5 nitrogen and oxygen atoms in total. The Morgan fingerprint density at radius 3 is 2.19 bits per heavy atom. The number of nitrogens with one attached hydrogen (secondary N) is 2. The summed E-state index contributed by atoms with van der Waals surface area (Å²) >= 11 is 0. The van der Waals surface area contributed by atoms with Gasteiger partial charge in [0.05, 0.1) is 6.54 Å². The number of hydrogen-bond donors (Lipinski definition) is 2. The molecule has 0 atom stereocenters. The van der Waals surface area contributed by atoms with Crippen LogP contribution >= 0.6 is 0 Å². The number of para-hydroxylation sites is 1. The van der Waals surface area contributed by atoms with Gasteiger partial charge < -0.3 is 15.5 Å². The van der Waals surface area contributed by atoms with Crippen molar-refractivity contribution < 1.29 is 14.0 Å². The average molecular weight is 420 g/mol. The number of carbonyl (C=O) groups is 2. The van der Waals surface area contributed by atoms with Crippen LogP contribution in [0.3, 0.4) is 0 Å². The predicted octanol–water partition coefficient (Wildman–Crippen LogP) is 4.61. The third-order valence-electron chi connectivity index (χ3n) is 4.81. The Balaban J connectivity index is 1.55. The Bertz CT molecular complexity index is 1020. The van der Waals surface area contributed by atoms with Crippen LogP contribution in [0.25, 0.3) is 0 Å². The van der Waals surface area contributed by atoms with E-state index in [9.17, 15) is 14.0 Å². The van der Waals surface area contributed by atoms with E-state index in [1.165, 1.54) is 6.07 Å². The molecule has 0 saturated heterocycles. The van der Waals surface area contributed by atoms with Gasteiger partial charge >= 0.3 is 0 Å². The second-order valence-electron chi connectivity index (χ2n) is 7.40. The number of nitrogens with zero attached hydrogens (tertiary/aromatic N) is 1. The van der Waals surface area contributed by atoms with Crippen LogP contribution in [-0.2, 0) is 11.3 Å². The van der Waals surface area contributed by atoms with Gasteiger partial charge in [-0.15, -0.1) is 0 Å². The molecule has 3 rings (SSSR count). The van der Waals surface area contributed by atoms with Crippen molar-refractivity contribution in [3.63, 3.8) is 0 Å². The maximum atomic E-state index is 13.7. The molecule has 0 saturated carbocycles. The van der Waals surface area contributed by atoms with E-state index < -0.39 is 0 Å². The summed E-state index contributed by atoms with van der Waals surface area (Å²) < 4.78 is 13.7. The zero-order chi connectivity index (χ0) is 22.2. The van der Waals surface area contributed by atoms with E-state index in [1.807, 2.05) is 44.2 Å². The monoisotopic (exact) mass is 419 g/mol. The summed E-state index contributed by atoms with van der Waals surface area (Å²) in [6.07, 6.45) is 0. The summed E-state index contributed by atoms with van der Waals surface area (Å²) in [5.41, 5.74) is 2.48. The molecule has 2 N–H and O–H groups in total. The molecule has 0 unspecified atom stereocenters. The average Bonchev–Trinajstić information content (AvgIpc) is 2.78. The molecule has 160 valence electrons.